The van der Waals surface area contributed by atoms with E-state index < -0.39 is 0 Å². The summed E-state index contributed by atoms with van der Waals surface area (Å²) in [7, 11) is 0. The van der Waals surface area contributed by atoms with E-state index in [2.05, 4.69) is 25.8 Å². The Balaban J connectivity index is 2.62. The molecule has 1 heterocycles. The number of hydrogen-bond acceptors (Lipinski definition) is 2. The van der Waals surface area contributed by atoms with Crippen LogP contribution in [0.3, 0.4) is 0 Å². The molecule has 0 atom stereocenters. The Bertz CT molecular complexity index is 227. The Morgan fingerprint density at radius 2 is 2.18 bits per heavy atom. The molecular formula is C9H14NS. The van der Waals surface area contributed by atoms with Crippen molar-refractivity contribution in [3.05, 3.63) is 22.5 Å². The smallest absolute Gasteiger partial charge is 0.0900 e. The van der Waals surface area contributed by atoms with Gasteiger partial charge in [0.25, 0.3) is 0 Å². The highest BCUT2D eigenvalue weighted by Gasteiger charge is 2.02. The minimum Gasteiger partial charge on any atom is -0.247 e. The van der Waals surface area contributed by atoms with Crippen LogP contribution >= 0.6 is 11.3 Å². The van der Waals surface area contributed by atoms with Gasteiger partial charge in [0.2, 0.25) is 0 Å². The van der Waals surface area contributed by atoms with E-state index in [0.717, 1.165) is 12.8 Å². The minimum absolute atomic E-state index is 1.02. The van der Waals surface area contributed by atoms with Crippen LogP contribution in [0.2, 0.25) is 0 Å². The lowest BCUT2D eigenvalue weighted by Crippen LogP contribution is -1.83. The van der Waals surface area contributed by atoms with Crippen molar-refractivity contribution in [3.8, 4) is 0 Å². The van der Waals surface area contributed by atoms with Crippen LogP contribution in [0.15, 0.2) is 0 Å². The summed E-state index contributed by atoms with van der Waals surface area (Å²) >= 11 is 1.82. The topological polar surface area (TPSA) is 12.9 Å². The summed E-state index contributed by atoms with van der Waals surface area (Å²) in [4.78, 5) is 5.80. The van der Waals surface area contributed by atoms with Crippen molar-refractivity contribution in [3.63, 3.8) is 0 Å². The molecule has 0 spiro atoms. The van der Waals surface area contributed by atoms with Crippen molar-refractivity contribution < 1.29 is 0 Å². The monoisotopic (exact) mass is 168 g/mol. The summed E-state index contributed by atoms with van der Waals surface area (Å²) in [5, 5.41) is 1.18. The summed E-state index contributed by atoms with van der Waals surface area (Å²) in [6.07, 6.45) is 3.36. The molecule has 1 radical (unpaired) electrons. The van der Waals surface area contributed by atoms with Crippen LogP contribution in [-0.4, -0.2) is 4.98 Å². The average Bonchev–Trinajstić information content (AvgIpc) is 2.26. The van der Waals surface area contributed by atoms with Gasteiger partial charge in [-0.25, -0.2) is 4.98 Å². The Morgan fingerprint density at radius 1 is 1.45 bits per heavy atom. The lowest BCUT2D eigenvalue weighted by Gasteiger charge is -1.93. The normalized spacial score (nSPS) is 10.5. The molecule has 11 heavy (non-hydrogen) atoms. The fraction of sp³-hybridized carbons (Fsp3) is 0.556. The van der Waals surface area contributed by atoms with Crippen LogP contribution in [-0.2, 0) is 6.42 Å². The zero-order valence-electron chi connectivity index (χ0n) is 7.18. The highest BCUT2D eigenvalue weighted by Crippen LogP contribution is 2.18. The van der Waals surface area contributed by atoms with Crippen molar-refractivity contribution in [2.45, 2.75) is 33.1 Å². The van der Waals surface area contributed by atoms with Gasteiger partial charge < -0.3 is 0 Å². The van der Waals surface area contributed by atoms with E-state index in [4.69, 9.17) is 0 Å². The number of nitrogens with zero attached hydrogens (tertiary/aromatic N) is 1. The second-order valence-corrected chi connectivity index (χ2v) is 3.99. The minimum atomic E-state index is 1.02. The number of aromatic nitrogens is 1. The average molecular weight is 168 g/mol. The van der Waals surface area contributed by atoms with E-state index in [1.807, 2.05) is 11.3 Å². The molecule has 0 aliphatic heterocycles. The van der Waals surface area contributed by atoms with E-state index >= 15 is 0 Å². The van der Waals surface area contributed by atoms with Crippen LogP contribution in [0.4, 0.5) is 0 Å². The molecule has 1 nitrogen and oxygen atoms in total. The van der Waals surface area contributed by atoms with Gasteiger partial charge in [0.05, 0.1) is 10.7 Å². The van der Waals surface area contributed by atoms with Crippen LogP contribution in [0, 0.1) is 20.8 Å². The number of unbranched alkanes of at least 4 members (excludes halogenated alkanes) is 1. The zero-order chi connectivity index (χ0) is 8.27. The van der Waals surface area contributed by atoms with Crippen LogP contribution in [0.5, 0.6) is 0 Å². The molecule has 0 saturated heterocycles. The molecule has 0 unspecified atom stereocenters. The molecule has 0 N–H and O–H groups in total. The predicted octanol–water partition coefficient (Wildman–Crippen LogP) is 2.92. The SMILES string of the molecule is [CH2]CCCc1sc(C)nc1C. The molecule has 0 fully saturated rings. The third kappa shape index (κ3) is 2.29. The summed E-state index contributed by atoms with van der Waals surface area (Å²) in [6, 6.07) is 0. The van der Waals surface area contributed by atoms with Gasteiger partial charge in [-0.2, -0.15) is 0 Å². The van der Waals surface area contributed by atoms with Gasteiger partial charge >= 0.3 is 0 Å². The number of rotatable bonds is 3. The van der Waals surface area contributed by atoms with Crippen molar-refractivity contribution in [1.29, 1.82) is 0 Å². The second-order valence-electron chi connectivity index (χ2n) is 2.70. The van der Waals surface area contributed by atoms with Crippen molar-refractivity contribution >= 4 is 11.3 Å². The Kier molecular flexibility index (Phi) is 3.06. The third-order valence-corrected chi connectivity index (χ3v) is 2.79. The van der Waals surface area contributed by atoms with E-state index in [1.165, 1.54) is 22.0 Å². The molecule has 0 bridgehead atoms. The molecule has 1 aromatic rings. The van der Waals surface area contributed by atoms with Crippen molar-refractivity contribution in [1.82, 2.24) is 4.98 Å². The highest BCUT2D eigenvalue weighted by atomic mass is 32.1. The molecule has 0 aromatic carbocycles. The molecular weight excluding hydrogens is 154 g/mol. The number of aryl methyl sites for hydroxylation is 3. The molecule has 0 amide bonds. The molecule has 0 aliphatic carbocycles. The zero-order valence-corrected chi connectivity index (χ0v) is 8.00. The largest absolute Gasteiger partial charge is 0.247 e. The predicted molar refractivity (Wildman–Crippen MR) is 49.9 cm³/mol. The Morgan fingerprint density at radius 3 is 2.64 bits per heavy atom. The quantitative estimate of drug-likeness (QED) is 0.676. The molecule has 0 saturated carbocycles. The Labute approximate surface area is 72.5 Å². The van der Waals surface area contributed by atoms with Gasteiger partial charge in [-0.15, -0.1) is 11.3 Å². The summed E-state index contributed by atoms with van der Waals surface area (Å²) in [6.45, 7) is 7.97. The summed E-state index contributed by atoms with van der Waals surface area (Å²) in [5.74, 6) is 0. The number of thiazole rings is 1. The van der Waals surface area contributed by atoms with Gasteiger partial charge in [0, 0.05) is 4.88 Å². The van der Waals surface area contributed by atoms with Crippen molar-refractivity contribution in [2.24, 2.45) is 0 Å². The van der Waals surface area contributed by atoms with Crippen LogP contribution in [0.1, 0.15) is 28.4 Å². The van der Waals surface area contributed by atoms with Crippen molar-refractivity contribution in [2.75, 3.05) is 0 Å². The fourth-order valence-electron chi connectivity index (χ4n) is 1.09. The Hall–Kier alpha value is -0.370. The lowest BCUT2D eigenvalue weighted by atomic mass is 10.2. The first-order valence-corrected chi connectivity index (χ1v) is 4.78. The van der Waals surface area contributed by atoms with Crippen LogP contribution < -0.4 is 0 Å². The molecule has 2 heteroatoms. The molecule has 1 rings (SSSR count). The van der Waals surface area contributed by atoms with Gasteiger partial charge in [-0.3, -0.25) is 0 Å². The van der Waals surface area contributed by atoms with Gasteiger partial charge in [0.15, 0.2) is 0 Å². The van der Waals surface area contributed by atoms with Gasteiger partial charge in [-0.1, -0.05) is 13.3 Å². The maximum Gasteiger partial charge on any atom is 0.0900 e. The van der Waals surface area contributed by atoms with Gasteiger partial charge in [-0.05, 0) is 26.7 Å². The lowest BCUT2D eigenvalue weighted by molar-refractivity contribution is 0.844. The first-order valence-electron chi connectivity index (χ1n) is 3.96. The number of hydrogen-bond donors (Lipinski definition) is 0. The first kappa shape index (κ1) is 8.72. The second kappa shape index (κ2) is 3.86. The maximum absolute atomic E-state index is 4.36. The first-order chi connectivity index (χ1) is 5.24. The maximum atomic E-state index is 4.36. The highest BCUT2D eigenvalue weighted by molar-refractivity contribution is 7.11. The third-order valence-electron chi connectivity index (χ3n) is 1.65. The molecule has 1 aromatic heterocycles. The van der Waals surface area contributed by atoms with E-state index in [1.54, 1.807) is 0 Å². The van der Waals surface area contributed by atoms with Gasteiger partial charge in [0.1, 0.15) is 0 Å². The summed E-state index contributed by atoms with van der Waals surface area (Å²) < 4.78 is 0. The van der Waals surface area contributed by atoms with Crippen LogP contribution in [0.25, 0.3) is 0 Å². The molecule has 0 aliphatic rings. The van der Waals surface area contributed by atoms with E-state index in [0.29, 0.717) is 0 Å². The van der Waals surface area contributed by atoms with E-state index in [-0.39, 0.29) is 0 Å². The fourth-order valence-corrected chi connectivity index (χ4v) is 2.07. The standard InChI is InChI=1S/C9H14NS/c1-4-5-6-9-7(2)10-8(3)11-9/h1,4-6H2,2-3H3. The van der Waals surface area contributed by atoms with E-state index in [9.17, 15) is 0 Å². The molecule has 61 valence electrons. The summed E-state index contributed by atoms with van der Waals surface area (Å²) in [5.41, 5.74) is 1.21.